The molecule has 3 aliphatic rings. The maximum Gasteiger partial charge on any atom is 0.410 e. The van der Waals surface area contributed by atoms with Crippen LogP contribution in [-0.2, 0) is 22.3 Å². The summed E-state index contributed by atoms with van der Waals surface area (Å²) in [6, 6.07) is 15.2. The van der Waals surface area contributed by atoms with Crippen LogP contribution < -0.4 is 5.32 Å². The van der Waals surface area contributed by atoms with E-state index in [0.717, 1.165) is 91.2 Å². The zero-order chi connectivity index (χ0) is 35.2. The van der Waals surface area contributed by atoms with Gasteiger partial charge in [0.15, 0.2) is 0 Å². The van der Waals surface area contributed by atoms with Gasteiger partial charge in [-0.1, -0.05) is 48.9 Å². The van der Waals surface area contributed by atoms with Crippen molar-refractivity contribution in [1.82, 2.24) is 30.2 Å². The van der Waals surface area contributed by atoms with Gasteiger partial charge in [-0.2, -0.15) is 0 Å². The summed E-state index contributed by atoms with van der Waals surface area (Å²) in [5, 5.41) is 3.07. The standard InChI is InChI=1S/C40H50N6O4/c1-39(2,3)49-37(47)44-30-12-8-11-29(30)35-41-23-32(43-35)25-17-15-24(16-18-25)26-19-20-28-27(22-26)10-7-13-31-34(28)45-36(42-31)33-14-9-21-46(33)38(48)50-40(4,5)6/h15-20,22-23,29-30,33H,7-14,21H2,1-6H3,(H,41,43)(H,42,45)(H,44,47)/t29-,30-,33-/m0/s1. The lowest BCUT2D eigenvalue weighted by Gasteiger charge is -2.27. The molecule has 50 heavy (non-hydrogen) atoms. The fourth-order valence-corrected chi connectivity index (χ4v) is 7.68. The summed E-state index contributed by atoms with van der Waals surface area (Å²) in [7, 11) is 0. The van der Waals surface area contributed by atoms with Crippen LogP contribution in [0.15, 0.2) is 48.7 Å². The average molecular weight is 679 g/mol. The first-order valence-corrected chi connectivity index (χ1v) is 18.2. The van der Waals surface area contributed by atoms with E-state index in [1.54, 1.807) is 0 Å². The average Bonchev–Trinajstić information content (AvgIpc) is 3.85. The lowest BCUT2D eigenvalue weighted by Crippen LogP contribution is -2.40. The van der Waals surface area contributed by atoms with Gasteiger partial charge in [-0.05, 0) is 109 Å². The van der Waals surface area contributed by atoms with E-state index in [4.69, 9.17) is 19.4 Å². The Morgan fingerprint density at radius 2 is 1.56 bits per heavy atom. The summed E-state index contributed by atoms with van der Waals surface area (Å²) >= 11 is 0. The molecule has 0 bridgehead atoms. The SMILES string of the molecule is CC(C)(C)OC(=O)N[C@H]1CCC[C@@H]1c1ncc(-c2ccc(-c3ccc4c(c3)CCCc3[nH]c([C@@H]5CCCN5C(=O)OC(C)(C)C)nc3-4)cc2)[nH]1. The van der Waals surface area contributed by atoms with Crippen LogP contribution in [0.2, 0.25) is 0 Å². The molecule has 2 amide bonds. The smallest absolute Gasteiger partial charge is 0.410 e. The second kappa shape index (κ2) is 13.3. The van der Waals surface area contributed by atoms with Gasteiger partial charge in [-0.15, -0.1) is 0 Å². The van der Waals surface area contributed by atoms with Gasteiger partial charge in [-0.25, -0.2) is 19.6 Å². The van der Waals surface area contributed by atoms with Crippen LogP contribution >= 0.6 is 0 Å². The molecule has 3 atom stereocenters. The minimum atomic E-state index is -0.535. The van der Waals surface area contributed by atoms with Crippen LogP contribution in [0.3, 0.4) is 0 Å². The molecule has 2 aromatic carbocycles. The number of carbonyl (C=O) groups excluding carboxylic acids is 2. The normalized spacial score (nSPS) is 20.6. The summed E-state index contributed by atoms with van der Waals surface area (Å²) in [4.78, 5) is 44.3. The van der Waals surface area contributed by atoms with Gasteiger partial charge in [0.2, 0.25) is 0 Å². The van der Waals surface area contributed by atoms with Crippen LogP contribution in [0.5, 0.6) is 0 Å². The maximum absolute atomic E-state index is 13.0. The zero-order valence-electron chi connectivity index (χ0n) is 30.2. The number of rotatable bonds is 5. The first-order valence-electron chi connectivity index (χ1n) is 18.2. The number of hydrogen-bond donors (Lipinski definition) is 3. The predicted molar refractivity (Wildman–Crippen MR) is 194 cm³/mol. The topological polar surface area (TPSA) is 125 Å². The van der Waals surface area contributed by atoms with Crippen molar-refractivity contribution in [2.24, 2.45) is 0 Å². The largest absolute Gasteiger partial charge is 0.444 e. The minimum absolute atomic E-state index is 0.00166. The molecule has 10 heteroatoms. The number of ether oxygens (including phenoxy) is 2. The summed E-state index contributed by atoms with van der Waals surface area (Å²) in [6.45, 7) is 12.0. The summed E-state index contributed by atoms with van der Waals surface area (Å²) in [6.07, 6.45) is 8.90. The van der Waals surface area contributed by atoms with E-state index >= 15 is 0 Å². The first-order chi connectivity index (χ1) is 23.8. The molecular formula is C40H50N6O4. The number of fused-ring (bicyclic) bond motifs is 3. The summed E-state index contributed by atoms with van der Waals surface area (Å²) < 4.78 is 11.2. The van der Waals surface area contributed by atoms with E-state index in [9.17, 15) is 9.59 Å². The van der Waals surface area contributed by atoms with Crippen LogP contribution in [0, 0.1) is 0 Å². The van der Waals surface area contributed by atoms with Crippen LogP contribution in [-0.4, -0.2) is 60.8 Å². The number of amides is 2. The van der Waals surface area contributed by atoms with Gasteiger partial charge in [0.05, 0.1) is 23.6 Å². The second-order valence-corrected chi connectivity index (χ2v) is 16.1. The number of alkyl carbamates (subject to hydrolysis) is 1. The van der Waals surface area contributed by atoms with Crippen molar-refractivity contribution >= 4 is 12.2 Å². The highest BCUT2D eigenvalue weighted by atomic mass is 16.6. The molecule has 3 N–H and O–H groups in total. The van der Waals surface area contributed by atoms with Crippen LogP contribution in [0.1, 0.15) is 115 Å². The van der Waals surface area contributed by atoms with Gasteiger partial charge in [-0.3, -0.25) is 4.90 Å². The van der Waals surface area contributed by atoms with E-state index in [2.05, 4.69) is 57.7 Å². The third kappa shape index (κ3) is 7.30. The number of nitrogens with one attached hydrogen (secondary N) is 3. The number of benzene rings is 2. The molecule has 7 rings (SSSR count). The third-order valence-electron chi connectivity index (χ3n) is 9.92. The zero-order valence-corrected chi connectivity index (χ0v) is 30.2. The molecule has 2 fully saturated rings. The molecule has 264 valence electrons. The van der Waals surface area contributed by atoms with Crippen molar-refractivity contribution in [3.05, 3.63) is 71.6 Å². The number of H-pyrrole nitrogens is 2. The molecule has 1 aliphatic heterocycles. The number of aromatic nitrogens is 4. The molecule has 0 spiro atoms. The number of carbonyl (C=O) groups is 2. The molecule has 4 aromatic rings. The quantitative estimate of drug-likeness (QED) is 0.194. The molecule has 1 saturated heterocycles. The van der Waals surface area contributed by atoms with Crippen molar-refractivity contribution < 1.29 is 19.1 Å². The molecule has 2 aromatic heterocycles. The molecule has 3 heterocycles. The number of aryl methyl sites for hydroxylation is 2. The second-order valence-electron chi connectivity index (χ2n) is 16.1. The third-order valence-corrected chi connectivity index (χ3v) is 9.92. The fraction of sp³-hybridized carbons (Fsp3) is 0.500. The Morgan fingerprint density at radius 1 is 0.820 bits per heavy atom. The van der Waals surface area contributed by atoms with E-state index in [-0.39, 0.29) is 30.2 Å². The van der Waals surface area contributed by atoms with Gasteiger partial charge in [0.1, 0.15) is 22.9 Å². The predicted octanol–water partition coefficient (Wildman–Crippen LogP) is 8.86. The Hall–Kier alpha value is -4.60. The maximum atomic E-state index is 13.0. The van der Waals surface area contributed by atoms with Gasteiger partial charge >= 0.3 is 12.2 Å². The molecule has 0 radical (unpaired) electrons. The van der Waals surface area contributed by atoms with Crippen molar-refractivity contribution in [2.45, 2.75) is 122 Å². The Bertz CT molecular complexity index is 1860. The molecule has 1 saturated carbocycles. The molecule has 10 nitrogen and oxygen atoms in total. The van der Waals surface area contributed by atoms with E-state index in [1.807, 2.05) is 52.6 Å². The lowest BCUT2D eigenvalue weighted by molar-refractivity contribution is 0.0218. The lowest BCUT2D eigenvalue weighted by atomic mass is 9.95. The molecule has 0 unspecified atom stereocenters. The number of imidazole rings is 2. The molecular weight excluding hydrogens is 628 g/mol. The van der Waals surface area contributed by atoms with Crippen molar-refractivity contribution in [1.29, 1.82) is 0 Å². The Balaban J connectivity index is 1.06. The van der Waals surface area contributed by atoms with E-state index < -0.39 is 11.2 Å². The van der Waals surface area contributed by atoms with E-state index in [1.165, 1.54) is 16.7 Å². The highest BCUT2D eigenvalue weighted by Crippen LogP contribution is 2.39. The number of hydrogen-bond acceptors (Lipinski definition) is 6. The highest BCUT2D eigenvalue weighted by Gasteiger charge is 2.36. The summed E-state index contributed by atoms with van der Waals surface area (Å²) in [5.74, 6) is 1.89. The Labute approximate surface area is 294 Å². The Kier molecular flexibility index (Phi) is 8.99. The van der Waals surface area contributed by atoms with Gasteiger partial charge in [0, 0.05) is 29.8 Å². The number of aromatic amines is 2. The number of nitrogens with zero attached hydrogens (tertiary/aromatic N) is 3. The van der Waals surface area contributed by atoms with Crippen molar-refractivity contribution in [2.75, 3.05) is 6.54 Å². The minimum Gasteiger partial charge on any atom is -0.444 e. The van der Waals surface area contributed by atoms with Gasteiger partial charge < -0.3 is 24.8 Å². The first kappa shape index (κ1) is 33.9. The van der Waals surface area contributed by atoms with Crippen molar-refractivity contribution in [3.63, 3.8) is 0 Å². The summed E-state index contributed by atoms with van der Waals surface area (Å²) in [5.41, 5.74) is 7.91. The fourth-order valence-electron chi connectivity index (χ4n) is 7.68. The number of likely N-dealkylation sites (tertiary alicyclic amines) is 1. The molecule has 2 aliphatic carbocycles. The van der Waals surface area contributed by atoms with Gasteiger partial charge in [0.25, 0.3) is 0 Å². The van der Waals surface area contributed by atoms with Crippen LogP contribution in [0.4, 0.5) is 9.59 Å². The van der Waals surface area contributed by atoms with E-state index in [0.29, 0.717) is 6.54 Å². The van der Waals surface area contributed by atoms with Crippen molar-refractivity contribution in [3.8, 4) is 33.6 Å². The Morgan fingerprint density at radius 3 is 2.32 bits per heavy atom. The van der Waals surface area contributed by atoms with Crippen LogP contribution in [0.25, 0.3) is 33.6 Å². The highest BCUT2D eigenvalue weighted by molar-refractivity contribution is 5.75. The monoisotopic (exact) mass is 678 g/mol.